The van der Waals surface area contributed by atoms with E-state index in [0.717, 1.165) is 6.54 Å². The van der Waals surface area contributed by atoms with Crippen molar-refractivity contribution in [3.8, 4) is 0 Å². The second-order valence-corrected chi connectivity index (χ2v) is 2.60. The molecular weight excluding hydrogens is 100 g/mol. The third kappa shape index (κ3) is 0.858. The largest absolute Gasteiger partial charge is 0.300 e. The van der Waals surface area contributed by atoms with Gasteiger partial charge in [0.05, 0.1) is 6.17 Å². The van der Waals surface area contributed by atoms with Crippen LogP contribution in [-0.2, 0) is 0 Å². The zero-order chi connectivity index (χ0) is 6.15. The Bertz CT molecular complexity index is 72.6. The van der Waals surface area contributed by atoms with Gasteiger partial charge in [-0.3, -0.25) is 4.90 Å². The molecule has 0 aliphatic carbocycles. The molecule has 0 bridgehead atoms. The molecule has 0 saturated carbocycles. The monoisotopic (exact) mass is 114 g/mol. The first-order chi connectivity index (χ1) is 3.72. The fraction of sp³-hybridized carbons (Fsp3) is 1.00. The molecule has 1 N–H and O–H groups in total. The molecule has 2 heteroatoms. The first kappa shape index (κ1) is 6.05. The number of nitrogens with zero attached hydrogens (tertiary/aromatic N) is 1. The van der Waals surface area contributed by atoms with E-state index in [4.69, 9.17) is 0 Å². The molecule has 1 aliphatic rings. The fourth-order valence-electron chi connectivity index (χ4n) is 1.01. The van der Waals surface area contributed by atoms with E-state index in [-0.39, 0.29) is 0 Å². The molecule has 1 rings (SSSR count). The van der Waals surface area contributed by atoms with Crippen molar-refractivity contribution in [2.24, 2.45) is 0 Å². The van der Waals surface area contributed by atoms with Gasteiger partial charge < -0.3 is 5.32 Å². The van der Waals surface area contributed by atoms with Gasteiger partial charge in [0.2, 0.25) is 0 Å². The Hall–Kier alpha value is -0.0800. The predicted molar refractivity (Wildman–Crippen MR) is 34.7 cm³/mol. The van der Waals surface area contributed by atoms with Crippen LogP contribution in [0.1, 0.15) is 13.8 Å². The van der Waals surface area contributed by atoms with Crippen molar-refractivity contribution in [2.45, 2.75) is 26.1 Å². The lowest BCUT2D eigenvalue weighted by Gasteiger charge is -2.17. The Morgan fingerprint density at radius 2 is 2.12 bits per heavy atom. The summed E-state index contributed by atoms with van der Waals surface area (Å²) in [6.45, 7) is 5.55. The molecular formula is C6H14N2. The Balaban J connectivity index is 2.44. The molecule has 0 aromatic carbocycles. The lowest BCUT2D eigenvalue weighted by Crippen LogP contribution is -2.31. The standard InChI is InChI=1S/C6H14N2/c1-5-4-7-6(2)8(5)3/h5-7H,4H2,1-3H3. The maximum atomic E-state index is 3.34. The molecule has 1 fully saturated rings. The molecule has 0 spiro atoms. The summed E-state index contributed by atoms with van der Waals surface area (Å²) in [6.07, 6.45) is 0.574. The van der Waals surface area contributed by atoms with Crippen LogP contribution in [0.2, 0.25) is 0 Å². The average Bonchev–Trinajstić information content (AvgIpc) is 1.98. The topological polar surface area (TPSA) is 15.3 Å². The minimum atomic E-state index is 0.574. The molecule has 0 aromatic heterocycles. The average molecular weight is 114 g/mol. The van der Waals surface area contributed by atoms with E-state index in [9.17, 15) is 0 Å². The van der Waals surface area contributed by atoms with Crippen LogP contribution < -0.4 is 5.32 Å². The van der Waals surface area contributed by atoms with Crippen molar-refractivity contribution in [2.75, 3.05) is 13.6 Å². The highest BCUT2D eigenvalue weighted by Gasteiger charge is 2.21. The Morgan fingerprint density at radius 3 is 2.25 bits per heavy atom. The predicted octanol–water partition coefficient (Wildman–Crippen LogP) is 0.256. The highest BCUT2D eigenvalue weighted by atomic mass is 15.3. The van der Waals surface area contributed by atoms with Crippen LogP contribution in [0.5, 0.6) is 0 Å². The van der Waals surface area contributed by atoms with E-state index in [1.807, 2.05) is 0 Å². The summed E-state index contributed by atoms with van der Waals surface area (Å²) in [5.74, 6) is 0. The highest BCUT2D eigenvalue weighted by Crippen LogP contribution is 2.05. The van der Waals surface area contributed by atoms with E-state index in [2.05, 4.69) is 31.1 Å². The summed E-state index contributed by atoms with van der Waals surface area (Å²) in [4.78, 5) is 2.33. The van der Waals surface area contributed by atoms with Crippen molar-refractivity contribution in [1.82, 2.24) is 10.2 Å². The molecule has 2 unspecified atom stereocenters. The third-order valence-corrected chi connectivity index (χ3v) is 2.01. The van der Waals surface area contributed by atoms with Crippen LogP contribution in [0.25, 0.3) is 0 Å². The van der Waals surface area contributed by atoms with Crippen molar-refractivity contribution in [1.29, 1.82) is 0 Å². The van der Waals surface area contributed by atoms with Crippen LogP contribution in [0.3, 0.4) is 0 Å². The first-order valence-electron chi connectivity index (χ1n) is 3.17. The number of rotatable bonds is 0. The fourth-order valence-corrected chi connectivity index (χ4v) is 1.01. The van der Waals surface area contributed by atoms with Gasteiger partial charge >= 0.3 is 0 Å². The summed E-state index contributed by atoms with van der Waals surface area (Å²) in [5.41, 5.74) is 0. The molecule has 0 radical (unpaired) electrons. The van der Waals surface area contributed by atoms with Crippen LogP contribution in [-0.4, -0.2) is 30.7 Å². The van der Waals surface area contributed by atoms with Gasteiger partial charge in [-0.05, 0) is 20.9 Å². The number of hydrogen-bond donors (Lipinski definition) is 1. The maximum absolute atomic E-state index is 3.34. The van der Waals surface area contributed by atoms with E-state index < -0.39 is 0 Å². The zero-order valence-corrected chi connectivity index (χ0v) is 5.81. The summed E-state index contributed by atoms with van der Waals surface area (Å²) in [5, 5.41) is 3.34. The summed E-state index contributed by atoms with van der Waals surface area (Å²) >= 11 is 0. The van der Waals surface area contributed by atoms with E-state index in [0.29, 0.717) is 12.2 Å². The molecule has 8 heavy (non-hydrogen) atoms. The lowest BCUT2D eigenvalue weighted by atomic mass is 10.3. The maximum Gasteiger partial charge on any atom is 0.0568 e. The Morgan fingerprint density at radius 1 is 1.50 bits per heavy atom. The first-order valence-corrected chi connectivity index (χ1v) is 3.17. The normalized spacial score (nSPS) is 40.9. The van der Waals surface area contributed by atoms with Crippen molar-refractivity contribution in [3.05, 3.63) is 0 Å². The molecule has 1 saturated heterocycles. The SMILES string of the molecule is CC1CNC(C)N1C. The van der Waals surface area contributed by atoms with Gasteiger partial charge in [-0.15, -0.1) is 0 Å². The van der Waals surface area contributed by atoms with Gasteiger partial charge in [0.1, 0.15) is 0 Å². The van der Waals surface area contributed by atoms with Crippen molar-refractivity contribution in [3.63, 3.8) is 0 Å². The van der Waals surface area contributed by atoms with Gasteiger partial charge in [-0.25, -0.2) is 0 Å². The van der Waals surface area contributed by atoms with Gasteiger partial charge in [0, 0.05) is 12.6 Å². The van der Waals surface area contributed by atoms with Gasteiger partial charge in [-0.2, -0.15) is 0 Å². The minimum absolute atomic E-state index is 0.574. The molecule has 0 amide bonds. The molecule has 48 valence electrons. The Kier molecular flexibility index (Phi) is 1.54. The zero-order valence-electron chi connectivity index (χ0n) is 5.81. The van der Waals surface area contributed by atoms with Crippen LogP contribution >= 0.6 is 0 Å². The number of likely N-dealkylation sites (N-methyl/N-ethyl adjacent to an activating group) is 1. The van der Waals surface area contributed by atoms with Gasteiger partial charge in [-0.1, -0.05) is 0 Å². The minimum Gasteiger partial charge on any atom is -0.300 e. The van der Waals surface area contributed by atoms with Crippen LogP contribution in [0.15, 0.2) is 0 Å². The van der Waals surface area contributed by atoms with E-state index >= 15 is 0 Å². The number of hydrogen-bond acceptors (Lipinski definition) is 2. The smallest absolute Gasteiger partial charge is 0.0568 e. The van der Waals surface area contributed by atoms with Crippen molar-refractivity contribution < 1.29 is 0 Å². The van der Waals surface area contributed by atoms with Gasteiger partial charge in [0.15, 0.2) is 0 Å². The third-order valence-electron chi connectivity index (χ3n) is 2.01. The molecule has 1 aliphatic heterocycles. The second kappa shape index (κ2) is 2.03. The van der Waals surface area contributed by atoms with Gasteiger partial charge in [0.25, 0.3) is 0 Å². The van der Waals surface area contributed by atoms with E-state index in [1.54, 1.807) is 0 Å². The quantitative estimate of drug-likeness (QED) is 0.486. The highest BCUT2D eigenvalue weighted by molar-refractivity contribution is 4.78. The molecule has 2 nitrogen and oxygen atoms in total. The summed E-state index contributed by atoms with van der Waals surface area (Å²) < 4.78 is 0. The second-order valence-electron chi connectivity index (χ2n) is 2.60. The molecule has 2 atom stereocenters. The van der Waals surface area contributed by atoms with Crippen LogP contribution in [0, 0.1) is 0 Å². The lowest BCUT2D eigenvalue weighted by molar-refractivity contribution is 0.262. The summed E-state index contributed by atoms with van der Waals surface area (Å²) in [7, 11) is 2.15. The van der Waals surface area contributed by atoms with Crippen molar-refractivity contribution >= 4 is 0 Å². The molecule has 1 heterocycles. The van der Waals surface area contributed by atoms with E-state index in [1.165, 1.54) is 0 Å². The van der Waals surface area contributed by atoms with Crippen LogP contribution in [0.4, 0.5) is 0 Å². The Labute approximate surface area is 50.9 Å². The number of nitrogens with one attached hydrogen (secondary N) is 1. The summed E-state index contributed by atoms with van der Waals surface area (Å²) in [6, 6.07) is 0.713. The molecule has 0 aromatic rings.